The van der Waals surface area contributed by atoms with Gasteiger partial charge in [-0.25, -0.2) is 9.97 Å². The van der Waals surface area contributed by atoms with Crippen LogP contribution >= 0.6 is 23.2 Å². The number of ether oxygens (including phenoxy) is 1. The monoisotopic (exact) mass is 388 g/mol. The quantitative estimate of drug-likeness (QED) is 0.656. The van der Waals surface area contributed by atoms with Crippen molar-refractivity contribution >= 4 is 46.3 Å². The van der Waals surface area contributed by atoms with Crippen LogP contribution in [0.15, 0.2) is 54.9 Å². The van der Waals surface area contributed by atoms with E-state index in [0.29, 0.717) is 21.6 Å². The summed E-state index contributed by atoms with van der Waals surface area (Å²) in [5.74, 6) is 0.828. The first kappa shape index (κ1) is 18.0. The fourth-order valence-electron chi connectivity index (χ4n) is 2.13. The number of halogens is 2. The predicted octanol–water partition coefficient (Wildman–Crippen LogP) is 4.79. The number of benzene rings is 2. The average Bonchev–Trinajstić information content (AvgIpc) is 2.65. The van der Waals surface area contributed by atoms with Crippen molar-refractivity contribution in [1.82, 2.24) is 9.97 Å². The molecule has 3 aromatic rings. The van der Waals surface area contributed by atoms with E-state index in [1.165, 1.54) is 12.4 Å². The van der Waals surface area contributed by atoms with Crippen molar-refractivity contribution in [3.05, 3.63) is 70.6 Å². The Bertz CT molecular complexity index is 933. The van der Waals surface area contributed by atoms with Gasteiger partial charge in [0.25, 0.3) is 5.91 Å². The summed E-state index contributed by atoms with van der Waals surface area (Å²) in [6, 6.07) is 12.2. The molecule has 6 nitrogen and oxygen atoms in total. The summed E-state index contributed by atoms with van der Waals surface area (Å²) in [4.78, 5) is 20.6. The lowest BCUT2D eigenvalue weighted by Gasteiger charge is -2.08. The van der Waals surface area contributed by atoms with Crippen LogP contribution in [0.2, 0.25) is 10.0 Å². The molecule has 0 unspecified atom stereocenters. The van der Waals surface area contributed by atoms with Gasteiger partial charge in [0.15, 0.2) is 0 Å². The minimum Gasteiger partial charge on any atom is -0.497 e. The zero-order valence-corrected chi connectivity index (χ0v) is 15.2. The fourth-order valence-corrected chi connectivity index (χ4v) is 2.43. The average molecular weight is 389 g/mol. The standard InChI is InChI=1S/C18H14Cl2N4O2/c1-26-13-4-2-3-11(7-13)23-17-10-21-16(9-22-17)18(25)24-12-5-6-14(19)15(20)8-12/h2-10H,1H3,(H,22,23)(H,24,25). The highest BCUT2D eigenvalue weighted by molar-refractivity contribution is 6.42. The molecule has 0 aliphatic heterocycles. The van der Waals surface area contributed by atoms with Crippen LogP contribution in [-0.4, -0.2) is 23.0 Å². The first-order valence-electron chi connectivity index (χ1n) is 7.54. The molecule has 1 heterocycles. The SMILES string of the molecule is COc1cccc(Nc2cnc(C(=O)Nc3ccc(Cl)c(Cl)c3)cn2)c1. The number of anilines is 3. The summed E-state index contributed by atoms with van der Waals surface area (Å²) >= 11 is 11.8. The molecule has 132 valence electrons. The summed E-state index contributed by atoms with van der Waals surface area (Å²) < 4.78 is 5.17. The van der Waals surface area contributed by atoms with Crippen LogP contribution < -0.4 is 15.4 Å². The van der Waals surface area contributed by atoms with Gasteiger partial charge in [-0.05, 0) is 30.3 Å². The minimum atomic E-state index is -0.399. The molecule has 0 radical (unpaired) electrons. The summed E-state index contributed by atoms with van der Waals surface area (Å²) in [6.07, 6.45) is 2.86. The summed E-state index contributed by atoms with van der Waals surface area (Å²) in [7, 11) is 1.60. The van der Waals surface area contributed by atoms with Gasteiger partial charge in [-0.3, -0.25) is 4.79 Å². The van der Waals surface area contributed by atoms with Crippen LogP contribution in [0.3, 0.4) is 0 Å². The Balaban J connectivity index is 1.68. The molecule has 2 aromatic carbocycles. The Morgan fingerprint density at radius 1 is 1.00 bits per heavy atom. The lowest BCUT2D eigenvalue weighted by Crippen LogP contribution is -2.14. The molecule has 1 aromatic heterocycles. The highest BCUT2D eigenvalue weighted by Crippen LogP contribution is 2.25. The molecule has 8 heteroatoms. The smallest absolute Gasteiger partial charge is 0.275 e. The Morgan fingerprint density at radius 2 is 1.85 bits per heavy atom. The van der Waals surface area contributed by atoms with E-state index in [9.17, 15) is 4.79 Å². The van der Waals surface area contributed by atoms with Gasteiger partial charge < -0.3 is 15.4 Å². The van der Waals surface area contributed by atoms with Crippen molar-refractivity contribution in [2.24, 2.45) is 0 Å². The molecule has 3 rings (SSSR count). The van der Waals surface area contributed by atoms with Gasteiger partial charge >= 0.3 is 0 Å². The lowest BCUT2D eigenvalue weighted by molar-refractivity contribution is 0.102. The van der Waals surface area contributed by atoms with Crippen LogP contribution in [0.1, 0.15) is 10.5 Å². The molecule has 0 spiro atoms. The molecular weight excluding hydrogens is 375 g/mol. The number of nitrogens with one attached hydrogen (secondary N) is 2. The van der Waals surface area contributed by atoms with Crippen molar-refractivity contribution in [2.75, 3.05) is 17.7 Å². The third-order valence-electron chi connectivity index (χ3n) is 3.40. The van der Waals surface area contributed by atoms with Gasteiger partial charge in [-0.15, -0.1) is 0 Å². The van der Waals surface area contributed by atoms with Crippen LogP contribution in [0.25, 0.3) is 0 Å². The largest absolute Gasteiger partial charge is 0.497 e. The van der Waals surface area contributed by atoms with Gasteiger partial charge in [0, 0.05) is 17.4 Å². The first-order valence-corrected chi connectivity index (χ1v) is 8.30. The van der Waals surface area contributed by atoms with Crippen molar-refractivity contribution in [3.8, 4) is 5.75 Å². The molecule has 0 saturated carbocycles. The minimum absolute atomic E-state index is 0.173. The summed E-state index contributed by atoms with van der Waals surface area (Å²) in [5.41, 5.74) is 1.49. The van der Waals surface area contributed by atoms with E-state index in [4.69, 9.17) is 27.9 Å². The molecular formula is C18H14Cl2N4O2. The van der Waals surface area contributed by atoms with Crippen LogP contribution in [-0.2, 0) is 0 Å². The fraction of sp³-hybridized carbons (Fsp3) is 0.0556. The molecule has 2 N–H and O–H groups in total. The normalized spacial score (nSPS) is 10.3. The number of aromatic nitrogens is 2. The van der Waals surface area contributed by atoms with Gasteiger partial charge in [0.1, 0.15) is 17.3 Å². The van der Waals surface area contributed by atoms with E-state index in [2.05, 4.69) is 20.6 Å². The van der Waals surface area contributed by atoms with Gasteiger partial charge in [-0.1, -0.05) is 29.3 Å². The zero-order chi connectivity index (χ0) is 18.5. The number of amides is 1. The summed E-state index contributed by atoms with van der Waals surface area (Å²) in [6.45, 7) is 0. The molecule has 0 fully saturated rings. The highest BCUT2D eigenvalue weighted by Gasteiger charge is 2.10. The number of hydrogen-bond donors (Lipinski definition) is 2. The molecule has 26 heavy (non-hydrogen) atoms. The molecule has 0 saturated heterocycles. The van der Waals surface area contributed by atoms with Gasteiger partial charge in [0.05, 0.1) is 29.5 Å². The number of carbonyl (C=O) groups is 1. The van der Waals surface area contributed by atoms with Crippen molar-refractivity contribution in [2.45, 2.75) is 0 Å². The summed E-state index contributed by atoms with van der Waals surface area (Å²) in [5, 5.41) is 6.55. The van der Waals surface area contributed by atoms with E-state index in [0.717, 1.165) is 11.4 Å². The van der Waals surface area contributed by atoms with Gasteiger partial charge in [0.2, 0.25) is 0 Å². The molecule has 0 atom stereocenters. The molecule has 1 amide bonds. The van der Waals surface area contributed by atoms with Crippen molar-refractivity contribution in [3.63, 3.8) is 0 Å². The second kappa shape index (κ2) is 8.03. The van der Waals surface area contributed by atoms with Crippen LogP contribution in [0.5, 0.6) is 5.75 Å². The predicted molar refractivity (Wildman–Crippen MR) is 103 cm³/mol. The maximum atomic E-state index is 12.2. The molecule has 0 aliphatic rings. The van der Waals surface area contributed by atoms with Crippen LogP contribution in [0.4, 0.5) is 17.2 Å². The molecule has 0 aliphatic carbocycles. The second-order valence-corrected chi connectivity index (χ2v) is 6.04. The molecule has 0 bridgehead atoms. The van der Waals surface area contributed by atoms with E-state index < -0.39 is 5.91 Å². The van der Waals surface area contributed by atoms with E-state index in [1.54, 1.807) is 25.3 Å². The van der Waals surface area contributed by atoms with E-state index in [-0.39, 0.29) is 5.69 Å². The Kier molecular flexibility index (Phi) is 5.55. The number of hydrogen-bond acceptors (Lipinski definition) is 5. The van der Waals surface area contributed by atoms with E-state index >= 15 is 0 Å². The Labute approximate surface area is 160 Å². The number of rotatable bonds is 5. The first-order chi connectivity index (χ1) is 12.5. The maximum Gasteiger partial charge on any atom is 0.275 e. The number of methoxy groups -OCH3 is 1. The van der Waals surface area contributed by atoms with E-state index in [1.807, 2.05) is 24.3 Å². The maximum absolute atomic E-state index is 12.2. The number of nitrogens with zero attached hydrogens (tertiary/aromatic N) is 2. The third kappa shape index (κ3) is 4.41. The highest BCUT2D eigenvalue weighted by atomic mass is 35.5. The Morgan fingerprint density at radius 3 is 2.54 bits per heavy atom. The number of carbonyl (C=O) groups excluding carboxylic acids is 1. The van der Waals surface area contributed by atoms with Gasteiger partial charge in [-0.2, -0.15) is 0 Å². The lowest BCUT2D eigenvalue weighted by atomic mass is 10.3. The van der Waals surface area contributed by atoms with Crippen molar-refractivity contribution < 1.29 is 9.53 Å². The van der Waals surface area contributed by atoms with Crippen molar-refractivity contribution in [1.29, 1.82) is 0 Å². The van der Waals surface area contributed by atoms with Crippen LogP contribution in [0, 0.1) is 0 Å². The third-order valence-corrected chi connectivity index (χ3v) is 4.14. The zero-order valence-electron chi connectivity index (χ0n) is 13.7. The second-order valence-electron chi connectivity index (χ2n) is 5.23. The topological polar surface area (TPSA) is 76.1 Å². The Hall–Kier alpha value is -2.83.